The molecule has 2 aliphatic heterocycles. The van der Waals surface area contributed by atoms with E-state index in [1.807, 2.05) is 32.0 Å². The molecule has 9 heteroatoms. The molecule has 0 radical (unpaired) electrons. The Balaban J connectivity index is 1.50. The number of amides is 2. The summed E-state index contributed by atoms with van der Waals surface area (Å²) in [4.78, 5) is 24.5. The number of fused-ring (bicyclic) bond motifs is 1. The van der Waals surface area contributed by atoms with Crippen LogP contribution in [0.2, 0.25) is 0 Å². The van der Waals surface area contributed by atoms with Gasteiger partial charge >= 0.3 is 0 Å². The number of hydrogen-bond donors (Lipinski definition) is 2. The normalized spacial score (nSPS) is 19.2. The molecule has 31 heavy (non-hydrogen) atoms. The monoisotopic (exact) mass is 443 g/mol. The van der Waals surface area contributed by atoms with Crippen molar-refractivity contribution >= 4 is 33.2 Å². The summed E-state index contributed by atoms with van der Waals surface area (Å²) >= 11 is 0. The van der Waals surface area contributed by atoms with Crippen LogP contribution in [0.4, 0.5) is 11.4 Å². The molecule has 0 unspecified atom stereocenters. The van der Waals surface area contributed by atoms with E-state index >= 15 is 0 Å². The zero-order valence-electron chi connectivity index (χ0n) is 17.5. The summed E-state index contributed by atoms with van der Waals surface area (Å²) in [5.74, 6) is -0.521. The molecule has 2 aromatic rings. The number of piperidine rings is 1. The Morgan fingerprint density at radius 1 is 1.16 bits per heavy atom. The quantitative estimate of drug-likeness (QED) is 0.756. The molecule has 4 rings (SSSR count). The second kappa shape index (κ2) is 8.32. The number of nitrogens with one attached hydrogen (secondary N) is 2. The van der Waals surface area contributed by atoms with E-state index in [-0.39, 0.29) is 29.9 Å². The maximum Gasteiger partial charge on any atom is 0.262 e. The van der Waals surface area contributed by atoms with Gasteiger partial charge in [-0.2, -0.15) is 4.31 Å². The summed E-state index contributed by atoms with van der Waals surface area (Å²) in [6.07, 6.45) is 1.21. The number of nitrogens with zero attached hydrogens (tertiary/aromatic N) is 1. The fraction of sp³-hybridized carbons (Fsp3) is 0.364. The molecule has 1 atom stereocenters. The lowest BCUT2D eigenvalue weighted by atomic mass is 9.98. The Morgan fingerprint density at radius 3 is 2.65 bits per heavy atom. The topological polar surface area (TPSA) is 105 Å². The van der Waals surface area contributed by atoms with Crippen LogP contribution >= 0.6 is 0 Å². The van der Waals surface area contributed by atoms with Crippen LogP contribution in [0.1, 0.15) is 24.0 Å². The molecule has 8 nitrogen and oxygen atoms in total. The van der Waals surface area contributed by atoms with Gasteiger partial charge in [-0.3, -0.25) is 9.59 Å². The zero-order chi connectivity index (χ0) is 22.2. The summed E-state index contributed by atoms with van der Waals surface area (Å²) in [5, 5.41) is 5.55. The van der Waals surface area contributed by atoms with Gasteiger partial charge in [-0.05, 0) is 68.1 Å². The first-order chi connectivity index (χ1) is 14.7. The Bertz CT molecular complexity index is 1130. The van der Waals surface area contributed by atoms with E-state index in [2.05, 4.69) is 10.6 Å². The minimum atomic E-state index is -3.82. The lowest BCUT2D eigenvalue weighted by Gasteiger charge is -2.31. The predicted molar refractivity (Wildman–Crippen MR) is 117 cm³/mol. The third-order valence-electron chi connectivity index (χ3n) is 5.47. The number of sulfonamides is 1. The van der Waals surface area contributed by atoms with Gasteiger partial charge in [0.15, 0.2) is 6.61 Å². The Kier molecular flexibility index (Phi) is 5.72. The van der Waals surface area contributed by atoms with Crippen LogP contribution in [0.3, 0.4) is 0 Å². The number of anilines is 2. The summed E-state index contributed by atoms with van der Waals surface area (Å²) in [7, 11) is -3.82. The lowest BCUT2D eigenvalue weighted by molar-refractivity contribution is -0.121. The van der Waals surface area contributed by atoms with E-state index in [0.29, 0.717) is 36.5 Å². The van der Waals surface area contributed by atoms with Crippen molar-refractivity contribution in [1.82, 2.24) is 4.31 Å². The van der Waals surface area contributed by atoms with Crippen molar-refractivity contribution in [3.8, 4) is 5.75 Å². The molecular formula is C22H25N3O5S. The molecule has 1 fully saturated rings. The molecule has 2 amide bonds. The van der Waals surface area contributed by atoms with Crippen LogP contribution in [0.5, 0.6) is 5.75 Å². The molecule has 2 N–H and O–H groups in total. The zero-order valence-corrected chi connectivity index (χ0v) is 18.3. The van der Waals surface area contributed by atoms with Crippen molar-refractivity contribution in [3.05, 3.63) is 47.5 Å². The van der Waals surface area contributed by atoms with Crippen LogP contribution in [0, 0.1) is 19.8 Å². The van der Waals surface area contributed by atoms with E-state index in [1.54, 1.807) is 0 Å². The number of ether oxygens (including phenoxy) is 1. The van der Waals surface area contributed by atoms with E-state index in [1.165, 1.54) is 22.5 Å². The maximum atomic E-state index is 13.2. The van der Waals surface area contributed by atoms with Crippen molar-refractivity contribution < 1.29 is 22.7 Å². The third kappa shape index (κ3) is 4.57. The van der Waals surface area contributed by atoms with Crippen molar-refractivity contribution in [3.63, 3.8) is 0 Å². The van der Waals surface area contributed by atoms with E-state index in [4.69, 9.17) is 4.74 Å². The molecule has 0 aliphatic carbocycles. The molecular weight excluding hydrogens is 418 g/mol. The van der Waals surface area contributed by atoms with Crippen LogP contribution < -0.4 is 15.4 Å². The molecule has 2 aliphatic rings. The number of aryl methyl sites for hydroxylation is 2. The van der Waals surface area contributed by atoms with Gasteiger partial charge in [-0.15, -0.1) is 0 Å². The van der Waals surface area contributed by atoms with E-state index in [0.717, 1.165) is 11.1 Å². The van der Waals surface area contributed by atoms with Gasteiger partial charge in [-0.25, -0.2) is 8.42 Å². The summed E-state index contributed by atoms with van der Waals surface area (Å²) < 4.78 is 33.1. The summed E-state index contributed by atoms with van der Waals surface area (Å²) in [6, 6.07) is 10.2. The Labute approximate surface area is 181 Å². The number of benzene rings is 2. The third-order valence-corrected chi connectivity index (χ3v) is 7.33. The first kappa shape index (κ1) is 21.3. The smallest absolute Gasteiger partial charge is 0.262 e. The van der Waals surface area contributed by atoms with Crippen LogP contribution in [-0.2, 0) is 19.6 Å². The van der Waals surface area contributed by atoms with Crippen LogP contribution in [0.25, 0.3) is 0 Å². The number of hydrogen-bond acceptors (Lipinski definition) is 5. The molecule has 2 aromatic carbocycles. The van der Waals surface area contributed by atoms with Crippen molar-refractivity contribution in [2.45, 2.75) is 31.6 Å². The average molecular weight is 444 g/mol. The number of carbonyl (C=O) groups is 2. The predicted octanol–water partition coefficient (Wildman–Crippen LogP) is 2.67. The maximum absolute atomic E-state index is 13.2. The highest BCUT2D eigenvalue weighted by Gasteiger charge is 2.34. The van der Waals surface area contributed by atoms with Gasteiger partial charge in [0.1, 0.15) is 5.75 Å². The van der Waals surface area contributed by atoms with Gasteiger partial charge < -0.3 is 15.4 Å². The summed E-state index contributed by atoms with van der Waals surface area (Å²) in [6.45, 7) is 4.28. The molecule has 1 saturated heterocycles. The van der Waals surface area contributed by atoms with E-state index < -0.39 is 15.9 Å². The van der Waals surface area contributed by atoms with Gasteiger partial charge in [-0.1, -0.05) is 6.07 Å². The second-order valence-corrected chi connectivity index (χ2v) is 10.0. The van der Waals surface area contributed by atoms with E-state index in [9.17, 15) is 18.0 Å². The summed E-state index contributed by atoms with van der Waals surface area (Å²) in [5.41, 5.74) is 3.14. The highest BCUT2D eigenvalue weighted by Crippen LogP contribution is 2.32. The largest absolute Gasteiger partial charge is 0.482 e. The van der Waals surface area contributed by atoms with Crippen molar-refractivity contribution in [1.29, 1.82) is 0 Å². The SMILES string of the molecule is Cc1cc(C)cc(NC(=O)[C@H]2CCCN(S(=O)(=O)c3ccc4c(c3)NC(=O)CO4)C2)c1. The first-order valence-corrected chi connectivity index (χ1v) is 11.6. The van der Waals surface area contributed by atoms with Crippen molar-refractivity contribution in [2.75, 3.05) is 30.3 Å². The first-order valence-electron chi connectivity index (χ1n) is 10.2. The molecule has 2 heterocycles. The van der Waals surface area contributed by atoms with Gasteiger partial charge in [0, 0.05) is 18.8 Å². The Hall–Kier alpha value is -2.91. The van der Waals surface area contributed by atoms with Crippen LogP contribution in [0.15, 0.2) is 41.3 Å². The number of rotatable bonds is 4. The standard InChI is InChI=1S/C22H25N3O5S/c1-14-8-15(2)10-17(9-14)23-22(27)16-4-3-7-25(12-16)31(28,29)18-5-6-20-19(11-18)24-21(26)13-30-20/h5-6,8-11,16H,3-4,7,12-13H2,1-2H3,(H,23,27)(H,24,26)/t16-/m0/s1. The highest BCUT2D eigenvalue weighted by atomic mass is 32.2. The molecule has 0 bridgehead atoms. The van der Waals surface area contributed by atoms with Gasteiger partial charge in [0.25, 0.3) is 5.91 Å². The van der Waals surface area contributed by atoms with Gasteiger partial charge in [0.05, 0.1) is 16.5 Å². The molecule has 0 spiro atoms. The lowest BCUT2D eigenvalue weighted by Crippen LogP contribution is -2.43. The minimum absolute atomic E-state index is 0.0624. The van der Waals surface area contributed by atoms with Crippen LogP contribution in [-0.4, -0.2) is 44.2 Å². The fourth-order valence-corrected chi connectivity index (χ4v) is 5.59. The average Bonchev–Trinajstić information content (AvgIpc) is 2.72. The van der Waals surface area contributed by atoms with Gasteiger partial charge in [0.2, 0.25) is 15.9 Å². The molecule has 164 valence electrons. The molecule has 0 aromatic heterocycles. The highest BCUT2D eigenvalue weighted by molar-refractivity contribution is 7.89. The number of carbonyl (C=O) groups excluding carboxylic acids is 2. The fourth-order valence-electron chi connectivity index (χ4n) is 4.04. The second-order valence-electron chi connectivity index (χ2n) is 8.06. The Morgan fingerprint density at radius 2 is 1.90 bits per heavy atom. The minimum Gasteiger partial charge on any atom is -0.482 e. The van der Waals surface area contributed by atoms with Crippen molar-refractivity contribution in [2.24, 2.45) is 5.92 Å². The molecule has 0 saturated carbocycles.